The highest BCUT2D eigenvalue weighted by atomic mass is 32.1. The lowest BCUT2D eigenvalue weighted by Gasteiger charge is -2.16. The maximum absolute atomic E-state index is 12.9. The zero-order chi connectivity index (χ0) is 20.0. The predicted octanol–water partition coefficient (Wildman–Crippen LogP) is 3.08. The van der Waals surface area contributed by atoms with Crippen LogP contribution >= 0.6 is 11.3 Å². The van der Waals surface area contributed by atoms with E-state index in [1.807, 2.05) is 38.1 Å². The minimum atomic E-state index is -0.960. The number of ether oxygens (including phenoxy) is 2. The zero-order valence-electron chi connectivity index (χ0n) is 16.0. The fourth-order valence-corrected chi connectivity index (χ4v) is 4.55. The number of rotatable bonds is 4. The van der Waals surface area contributed by atoms with Crippen LogP contribution in [0.1, 0.15) is 29.0 Å². The molecule has 0 fully saturated rings. The molecule has 2 aromatic heterocycles. The molecular formula is C20H20N2O5S. The number of aryl methyl sites for hydroxylation is 1. The number of hydrogen-bond acceptors (Lipinski definition) is 8. The van der Waals surface area contributed by atoms with E-state index in [4.69, 9.17) is 13.9 Å². The zero-order valence-corrected chi connectivity index (χ0v) is 16.8. The number of carbonyl (C=O) groups is 1. The van der Waals surface area contributed by atoms with Gasteiger partial charge in [0, 0.05) is 19.0 Å². The maximum Gasteiger partial charge on any atom is 0.348 e. The van der Waals surface area contributed by atoms with Gasteiger partial charge in [0.05, 0.1) is 29.2 Å². The topological polar surface area (TPSA) is 81.9 Å². The Hall–Kier alpha value is -2.87. The first-order valence-electron chi connectivity index (χ1n) is 8.96. The minimum Gasteiger partial charge on any atom is -0.476 e. The van der Waals surface area contributed by atoms with Gasteiger partial charge in [0.1, 0.15) is 11.3 Å². The summed E-state index contributed by atoms with van der Waals surface area (Å²) in [5, 5.41) is 1.44. The summed E-state index contributed by atoms with van der Waals surface area (Å²) in [5.74, 6) is -0.749. The molecule has 0 unspecified atom stereocenters. The third-order valence-corrected chi connectivity index (χ3v) is 6.07. The predicted molar refractivity (Wildman–Crippen MR) is 107 cm³/mol. The van der Waals surface area contributed by atoms with Gasteiger partial charge in [0.15, 0.2) is 5.13 Å². The molecule has 0 N–H and O–H groups in total. The van der Waals surface area contributed by atoms with E-state index in [9.17, 15) is 9.59 Å². The van der Waals surface area contributed by atoms with Crippen molar-refractivity contribution < 1.29 is 18.7 Å². The average molecular weight is 400 g/mol. The van der Waals surface area contributed by atoms with Crippen LogP contribution in [0.2, 0.25) is 0 Å². The van der Waals surface area contributed by atoms with Crippen LogP contribution in [0.15, 0.2) is 33.5 Å². The number of carbonyl (C=O) groups excluding carboxylic acids is 1. The molecule has 1 aromatic carbocycles. The van der Waals surface area contributed by atoms with E-state index in [2.05, 4.69) is 4.98 Å². The van der Waals surface area contributed by atoms with E-state index in [1.54, 1.807) is 19.1 Å². The van der Waals surface area contributed by atoms with E-state index in [0.29, 0.717) is 22.3 Å². The van der Waals surface area contributed by atoms with Crippen molar-refractivity contribution in [2.75, 3.05) is 25.6 Å². The quantitative estimate of drug-likeness (QED) is 0.492. The molecule has 0 saturated heterocycles. The lowest BCUT2D eigenvalue weighted by molar-refractivity contribution is -0.151. The molecule has 1 aliphatic heterocycles. The highest BCUT2D eigenvalue weighted by Gasteiger charge is 2.46. The number of fused-ring (bicyclic) bond motifs is 3. The first-order valence-corrected chi connectivity index (χ1v) is 9.77. The van der Waals surface area contributed by atoms with Crippen molar-refractivity contribution in [2.24, 2.45) is 0 Å². The number of nitrogens with zero attached hydrogens (tertiary/aromatic N) is 2. The molecule has 0 saturated carbocycles. The van der Waals surface area contributed by atoms with Crippen molar-refractivity contribution in [1.29, 1.82) is 0 Å². The van der Waals surface area contributed by atoms with Gasteiger partial charge in [-0.25, -0.2) is 14.6 Å². The summed E-state index contributed by atoms with van der Waals surface area (Å²) < 4.78 is 16.8. The third kappa shape index (κ3) is 2.84. The molecule has 4 rings (SSSR count). The Morgan fingerprint density at radius 3 is 2.75 bits per heavy atom. The summed E-state index contributed by atoms with van der Waals surface area (Å²) in [7, 11) is 3.79. The SMILES string of the molecule is CCOC(=O)[C@H]1Oc2c(c(=O)oc3ccccc23)[C@@H]1c1sc(N(C)C)nc1C. The molecule has 3 aromatic rings. The second-order valence-corrected chi connectivity index (χ2v) is 7.75. The van der Waals surface area contributed by atoms with Crippen LogP contribution in [0.5, 0.6) is 5.75 Å². The largest absolute Gasteiger partial charge is 0.476 e. The number of benzene rings is 1. The Morgan fingerprint density at radius 1 is 1.32 bits per heavy atom. The minimum absolute atomic E-state index is 0.224. The van der Waals surface area contributed by atoms with Crippen LogP contribution < -0.4 is 15.3 Å². The fourth-order valence-electron chi connectivity index (χ4n) is 3.43. The van der Waals surface area contributed by atoms with Crippen molar-refractivity contribution >= 4 is 33.4 Å². The molecule has 0 aliphatic carbocycles. The van der Waals surface area contributed by atoms with Crippen LogP contribution in [0, 0.1) is 6.92 Å². The number of esters is 1. The lowest BCUT2D eigenvalue weighted by Crippen LogP contribution is -2.32. The van der Waals surface area contributed by atoms with Gasteiger partial charge in [-0.2, -0.15) is 0 Å². The molecule has 28 heavy (non-hydrogen) atoms. The smallest absolute Gasteiger partial charge is 0.348 e. The van der Waals surface area contributed by atoms with Crippen molar-refractivity contribution in [3.05, 3.63) is 50.8 Å². The fraction of sp³-hybridized carbons (Fsp3) is 0.350. The highest BCUT2D eigenvalue weighted by Crippen LogP contribution is 2.47. The van der Waals surface area contributed by atoms with Crippen molar-refractivity contribution in [2.45, 2.75) is 25.9 Å². The Bertz CT molecular complexity index is 1120. The Labute approximate surface area is 165 Å². The van der Waals surface area contributed by atoms with Gasteiger partial charge < -0.3 is 18.8 Å². The second kappa shape index (κ2) is 6.94. The maximum atomic E-state index is 12.9. The third-order valence-electron chi connectivity index (χ3n) is 4.66. The summed E-state index contributed by atoms with van der Waals surface area (Å²) in [6.45, 7) is 3.82. The van der Waals surface area contributed by atoms with E-state index in [1.165, 1.54) is 11.3 Å². The summed E-state index contributed by atoms with van der Waals surface area (Å²) in [4.78, 5) is 32.8. The van der Waals surface area contributed by atoms with Gasteiger partial charge in [0.25, 0.3) is 0 Å². The van der Waals surface area contributed by atoms with Gasteiger partial charge >= 0.3 is 11.6 Å². The van der Waals surface area contributed by atoms with E-state index < -0.39 is 23.6 Å². The van der Waals surface area contributed by atoms with Crippen LogP contribution in [0.3, 0.4) is 0 Å². The van der Waals surface area contributed by atoms with Gasteiger partial charge in [0.2, 0.25) is 6.10 Å². The van der Waals surface area contributed by atoms with Crippen molar-refractivity contribution in [1.82, 2.24) is 4.98 Å². The van der Waals surface area contributed by atoms with Gasteiger partial charge in [-0.3, -0.25) is 0 Å². The first kappa shape index (κ1) is 18.5. The number of anilines is 1. The highest BCUT2D eigenvalue weighted by molar-refractivity contribution is 7.15. The molecular weight excluding hydrogens is 380 g/mol. The van der Waals surface area contributed by atoms with Crippen LogP contribution in [0.25, 0.3) is 11.0 Å². The number of thiazole rings is 1. The Balaban J connectivity index is 1.96. The molecule has 1 aliphatic rings. The molecule has 146 valence electrons. The molecule has 8 heteroatoms. The van der Waals surface area contributed by atoms with E-state index in [-0.39, 0.29) is 6.61 Å². The van der Waals surface area contributed by atoms with E-state index in [0.717, 1.165) is 15.7 Å². The normalized spacial score (nSPS) is 18.0. The van der Waals surface area contributed by atoms with Gasteiger partial charge in [-0.1, -0.05) is 12.1 Å². The number of aromatic nitrogens is 1. The van der Waals surface area contributed by atoms with Crippen LogP contribution in [0.4, 0.5) is 5.13 Å². The Morgan fingerprint density at radius 2 is 2.07 bits per heavy atom. The summed E-state index contributed by atoms with van der Waals surface area (Å²) in [6.07, 6.45) is -0.960. The lowest BCUT2D eigenvalue weighted by atomic mass is 9.93. The van der Waals surface area contributed by atoms with Crippen LogP contribution in [-0.2, 0) is 9.53 Å². The van der Waals surface area contributed by atoms with Crippen LogP contribution in [-0.4, -0.2) is 37.8 Å². The Kier molecular flexibility index (Phi) is 4.58. The molecule has 0 amide bonds. The molecule has 7 nitrogen and oxygen atoms in total. The molecule has 0 radical (unpaired) electrons. The molecule has 0 bridgehead atoms. The standard InChI is InChI=1S/C20H20N2O5S/c1-5-25-19(24)16-13(17-10(2)21-20(28-17)22(3)4)14-15(27-16)11-8-6-7-9-12(11)26-18(14)23/h6-9,13,16H,5H2,1-4H3/t13-,16-/m0/s1. The average Bonchev–Trinajstić information content (AvgIpc) is 3.23. The summed E-state index contributed by atoms with van der Waals surface area (Å²) in [6, 6.07) is 7.13. The molecule has 3 heterocycles. The molecule has 2 atom stereocenters. The summed E-state index contributed by atoms with van der Waals surface area (Å²) in [5.41, 5.74) is 1.00. The summed E-state index contributed by atoms with van der Waals surface area (Å²) >= 11 is 1.43. The second-order valence-electron chi connectivity index (χ2n) is 6.74. The van der Waals surface area contributed by atoms with E-state index >= 15 is 0 Å². The van der Waals surface area contributed by atoms with Gasteiger partial charge in [-0.05, 0) is 26.0 Å². The number of hydrogen-bond donors (Lipinski definition) is 0. The monoisotopic (exact) mass is 400 g/mol. The van der Waals surface area contributed by atoms with Crippen molar-refractivity contribution in [3.63, 3.8) is 0 Å². The molecule has 0 spiro atoms. The first-order chi connectivity index (χ1) is 13.4. The number of para-hydroxylation sites is 1. The van der Waals surface area contributed by atoms with Crippen molar-refractivity contribution in [3.8, 4) is 5.75 Å². The van der Waals surface area contributed by atoms with Gasteiger partial charge in [-0.15, -0.1) is 11.3 Å².